The predicted octanol–water partition coefficient (Wildman–Crippen LogP) is -0.321. The van der Waals surface area contributed by atoms with Crippen LogP contribution in [0.3, 0.4) is 0 Å². The van der Waals surface area contributed by atoms with E-state index in [1.807, 2.05) is 0 Å². The zero-order valence-corrected chi connectivity index (χ0v) is 8.84. The van der Waals surface area contributed by atoms with Gasteiger partial charge in [0.1, 0.15) is 0 Å². The maximum atomic E-state index is 4.92. The fraction of sp³-hybridized carbons (Fsp3) is 1.00. The molecule has 0 aliphatic heterocycles. The second-order valence-electron chi connectivity index (χ2n) is 1.57. The number of methoxy groups -OCH3 is 3. The van der Waals surface area contributed by atoms with Gasteiger partial charge >= 0.3 is 74.6 Å². The van der Waals surface area contributed by atoms with Gasteiger partial charge < -0.3 is 0 Å². The summed E-state index contributed by atoms with van der Waals surface area (Å²) in [6, 6.07) is 0. The molecule has 0 aliphatic rings. The first-order valence-electron chi connectivity index (χ1n) is 2.66. The van der Waals surface area contributed by atoms with Gasteiger partial charge in [0.2, 0.25) is 0 Å². The molecule has 0 amide bonds. The molecule has 2 radical (unpaired) electrons. The van der Waals surface area contributed by atoms with E-state index in [1.54, 1.807) is 0 Å². The summed E-state index contributed by atoms with van der Waals surface area (Å²) in [7, 11) is 4.49. The van der Waals surface area contributed by atoms with Crippen LogP contribution in [0.1, 0.15) is 0 Å². The normalized spacial score (nSPS) is 12.0. The molecule has 10 heavy (non-hydrogen) atoms. The molecule has 0 aromatic carbocycles. The fourth-order valence-corrected chi connectivity index (χ4v) is 0.957. The van der Waals surface area contributed by atoms with Crippen molar-refractivity contribution in [3.8, 4) is 0 Å². The molecule has 60 valence electrons. The molecule has 0 heterocycles. The Hall–Kier alpha value is 0.658. The van der Waals surface area contributed by atoms with E-state index >= 15 is 0 Å². The molecule has 0 saturated carbocycles. The minimum absolute atomic E-state index is 0.269. The third-order valence-corrected chi connectivity index (χ3v) is 1.54. The SMILES string of the molecule is COC(C[O][Sb])(OC)OC. The molecule has 5 heteroatoms. The number of rotatable bonds is 5. The van der Waals surface area contributed by atoms with Crippen molar-refractivity contribution in [1.29, 1.82) is 0 Å². The van der Waals surface area contributed by atoms with Crippen molar-refractivity contribution in [3.63, 3.8) is 0 Å². The molecular formula is C5H11O4Sb. The zero-order chi connectivity index (χ0) is 8.04. The summed E-state index contributed by atoms with van der Waals surface area (Å²) in [4.78, 5) is 0. The van der Waals surface area contributed by atoms with Crippen LogP contribution in [0.2, 0.25) is 0 Å². The Morgan fingerprint density at radius 2 is 1.50 bits per heavy atom. The first-order chi connectivity index (χ1) is 4.74. The van der Waals surface area contributed by atoms with Crippen molar-refractivity contribution >= 4 is 23.4 Å². The number of hydrogen-bond donors (Lipinski definition) is 0. The molecule has 0 aromatic rings. The van der Waals surface area contributed by atoms with E-state index in [0.29, 0.717) is 0 Å². The van der Waals surface area contributed by atoms with Crippen molar-refractivity contribution in [1.82, 2.24) is 0 Å². The summed E-state index contributed by atoms with van der Waals surface area (Å²) in [5.74, 6) is -1.03. The summed E-state index contributed by atoms with van der Waals surface area (Å²) >= 11 is 1.22. The van der Waals surface area contributed by atoms with Gasteiger partial charge in [0.05, 0.1) is 0 Å². The second kappa shape index (κ2) is 5.33. The van der Waals surface area contributed by atoms with E-state index in [9.17, 15) is 0 Å². The van der Waals surface area contributed by atoms with Crippen LogP contribution >= 0.6 is 0 Å². The Kier molecular flexibility index (Phi) is 5.68. The van der Waals surface area contributed by atoms with Gasteiger partial charge in [-0.3, -0.25) is 0 Å². The van der Waals surface area contributed by atoms with E-state index < -0.39 is 5.97 Å². The monoisotopic (exact) mass is 256 g/mol. The molecule has 0 rings (SSSR count). The predicted molar refractivity (Wildman–Crippen MR) is 35.5 cm³/mol. The Labute approximate surface area is 74.8 Å². The van der Waals surface area contributed by atoms with Gasteiger partial charge in [-0.05, 0) is 0 Å². The second-order valence-corrected chi connectivity index (χ2v) is 2.31. The Morgan fingerprint density at radius 1 is 1.10 bits per heavy atom. The quantitative estimate of drug-likeness (QED) is 0.499. The molecule has 4 nitrogen and oxygen atoms in total. The van der Waals surface area contributed by atoms with E-state index in [-0.39, 0.29) is 6.61 Å². The molecule has 0 saturated heterocycles. The van der Waals surface area contributed by atoms with Gasteiger partial charge in [0, 0.05) is 0 Å². The number of hydrogen-bond acceptors (Lipinski definition) is 4. The molecule has 0 unspecified atom stereocenters. The van der Waals surface area contributed by atoms with Gasteiger partial charge in [-0.15, -0.1) is 0 Å². The van der Waals surface area contributed by atoms with Crippen molar-refractivity contribution in [3.05, 3.63) is 0 Å². The minimum atomic E-state index is -1.03. The Bertz CT molecular complexity index is 75.5. The van der Waals surface area contributed by atoms with E-state index in [0.717, 1.165) is 0 Å². The van der Waals surface area contributed by atoms with Crippen LogP contribution in [-0.4, -0.2) is 57.4 Å². The zero-order valence-electron chi connectivity index (χ0n) is 6.29. The van der Waals surface area contributed by atoms with E-state index in [1.165, 1.54) is 44.8 Å². The average Bonchev–Trinajstić information content (AvgIpc) is 2.01. The van der Waals surface area contributed by atoms with Crippen molar-refractivity contribution in [2.24, 2.45) is 0 Å². The molecule has 0 fully saturated rings. The summed E-state index contributed by atoms with van der Waals surface area (Å²) in [5, 5.41) is 0. The van der Waals surface area contributed by atoms with Crippen LogP contribution in [0.25, 0.3) is 0 Å². The molecule has 0 aliphatic carbocycles. The van der Waals surface area contributed by atoms with E-state index in [4.69, 9.17) is 17.2 Å². The van der Waals surface area contributed by atoms with Crippen molar-refractivity contribution in [2.45, 2.75) is 5.97 Å². The third kappa shape index (κ3) is 2.72. The van der Waals surface area contributed by atoms with Crippen molar-refractivity contribution in [2.75, 3.05) is 27.9 Å². The van der Waals surface area contributed by atoms with Gasteiger partial charge in [-0.2, -0.15) is 0 Å². The topological polar surface area (TPSA) is 36.9 Å². The molecule has 0 atom stereocenters. The average molecular weight is 257 g/mol. The summed E-state index contributed by atoms with van der Waals surface area (Å²) in [6.45, 7) is 0.269. The van der Waals surface area contributed by atoms with Gasteiger partial charge in [0.25, 0.3) is 0 Å². The third-order valence-electron chi connectivity index (χ3n) is 1.17. The van der Waals surface area contributed by atoms with Crippen LogP contribution in [0.5, 0.6) is 0 Å². The molecular weight excluding hydrogens is 246 g/mol. The maximum absolute atomic E-state index is 4.92. The van der Waals surface area contributed by atoms with Crippen LogP contribution < -0.4 is 0 Å². The Morgan fingerprint density at radius 3 is 1.60 bits per heavy atom. The molecule has 0 N–H and O–H groups in total. The van der Waals surface area contributed by atoms with Crippen LogP contribution in [-0.2, 0) is 17.2 Å². The molecule has 0 bridgehead atoms. The summed E-state index contributed by atoms with van der Waals surface area (Å²) in [6.07, 6.45) is 0. The number of ether oxygens (including phenoxy) is 3. The van der Waals surface area contributed by atoms with Gasteiger partial charge in [0.15, 0.2) is 0 Å². The summed E-state index contributed by atoms with van der Waals surface area (Å²) < 4.78 is 19.6. The van der Waals surface area contributed by atoms with Crippen LogP contribution in [0.15, 0.2) is 0 Å². The summed E-state index contributed by atoms with van der Waals surface area (Å²) in [5.41, 5.74) is 0. The van der Waals surface area contributed by atoms with Crippen LogP contribution in [0.4, 0.5) is 0 Å². The van der Waals surface area contributed by atoms with Gasteiger partial charge in [-0.1, -0.05) is 0 Å². The van der Waals surface area contributed by atoms with Gasteiger partial charge in [-0.25, -0.2) is 0 Å². The van der Waals surface area contributed by atoms with Crippen LogP contribution in [0, 0.1) is 0 Å². The van der Waals surface area contributed by atoms with Crippen molar-refractivity contribution < 1.29 is 17.2 Å². The first kappa shape index (κ1) is 10.7. The Balaban J connectivity index is 3.87. The first-order valence-corrected chi connectivity index (χ1v) is 3.70. The fourth-order valence-electron chi connectivity index (χ4n) is 0.506. The molecule has 0 spiro atoms. The van der Waals surface area contributed by atoms with E-state index in [2.05, 4.69) is 0 Å². The molecule has 0 aromatic heterocycles. The standard InChI is InChI=1S/C5H11O4.Sb/c1-7-5(4-6,8-2)9-3;/h4H2,1-3H3;/q-1;+1.